The summed E-state index contributed by atoms with van der Waals surface area (Å²) in [5, 5.41) is 10.5. The molecule has 11 heteroatoms. The van der Waals surface area contributed by atoms with Crippen molar-refractivity contribution in [1.82, 2.24) is 24.8 Å². The number of aromatic amines is 1. The highest BCUT2D eigenvalue weighted by atomic mass is 19.1. The number of benzene rings is 1. The molecule has 1 amide bonds. The molecule has 0 aliphatic carbocycles. The van der Waals surface area contributed by atoms with Crippen molar-refractivity contribution in [3.63, 3.8) is 0 Å². The summed E-state index contributed by atoms with van der Waals surface area (Å²) in [7, 11) is 2.10. The van der Waals surface area contributed by atoms with Gasteiger partial charge in [0.15, 0.2) is 5.83 Å². The number of hydrogen-bond acceptors (Lipinski definition) is 8. The van der Waals surface area contributed by atoms with Crippen LogP contribution in [-0.4, -0.2) is 89.1 Å². The number of rotatable bonds is 6. The van der Waals surface area contributed by atoms with Crippen LogP contribution < -0.4 is 14.5 Å². The lowest BCUT2D eigenvalue weighted by Crippen LogP contribution is -2.54. The number of H-pyrrole nitrogens is 1. The van der Waals surface area contributed by atoms with Gasteiger partial charge < -0.3 is 29.3 Å². The number of fused-ring (bicyclic) bond motifs is 2. The second-order valence-electron chi connectivity index (χ2n) is 11.7. The van der Waals surface area contributed by atoms with Crippen LogP contribution in [-0.2, 0) is 17.8 Å². The second kappa shape index (κ2) is 11.2. The number of nitrogens with zero attached hydrogens (tertiary/aromatic N) is 7. The lowest BCUT2D eigenvalue weighted by molar-refractivity contribution is -0.131. The number of aryl methyl sites for hydroxylation is 1. The fraction of sp³-hybridized carbons (Fsp3) is 0.484. The van der Waals surface area contributed by atoms with Crippen molar-refractivity contribution in [3.05, 3.63) is 53.3 Å². The summed E-state index contributed by atoms with van der Waals surface area (Å²) in [6.07, 6.45) is 4.58. The molecule has 3 aromatic rings. The number of nitriles is 1. The van der Waals surface area contributed by atoms with Crippen LogP contribution in [0.4, 0.5) is 15.8 Å². The summed E-state index contributed by atoms with van der Waals surface area (Å²) < 4.78 is 20.1. The number of carbonyl (C=O) groups is 1. The zero-order valence-electron chi connectivity index (χ0n) is 24.5. The third-order valence-corrected chi connectivity index (χ3v) is 9.01. The Balaban J connectivity index is 1.38. The van der Waals surface area contributed by atoms with E-state index in [1.54, 1.807) is 6.33 Å². The smallest absolute Gasteiger partial charge is 0.282 e. The van der Waals surface area contributed by atoms with Gasteiger partial charge in [-0.1, -0.05) is 12.6 Å². The van der Waals surface area contributed by atoms with Crippen molar-refractivity contribution in [2.45, 2.75) is 51.7 Å². The number of piperazine rings is 1. The van der Waals surface area contributed by atoms with Crippen LogP contribution in [0.25, 0.3) is 11.0 Å². The zero-order valence-corrected chi connectivity index (χ0v) is 24.5. The molecule has 2 aromatic heterocycles. The molecule has 0 radical (unpaired) electrons. The number of likely N-dealkylation sites (tertiary alicyclic amines) is 1. The number of imidazole rings is 1. The van der Waals surface area contributed by atoms with Crippen LogP contribution in [0.1, 0.15) is 42.1 Å². The molecule has 3 aliphatic heterocycles. The van der Waals surface area contributed by atoms with E-state index in [0.717, 1.165) is 65.2 Å². The maximum absolute atomic E-state index is 13.7. The van der Waals surface area contributed by atoms with Gasteiger partial charge in [-0.05, 0) is 58.3 Å². The van der Waals surface area contributed by atoms with Gasteiger partial charge in [0.05, 0.1) is 35.5 Å². The summed E-state index contributed by atoms with van der Waals surface area (Å²) in [5.41, 5.74) is 7.28. The minimum Gasteiger partial charge on any atom is -0.475 e. The minimum atomic E-state index is -0.954. The lowest BCUT2D eigenvalue weighted by atomic mass is 9.96. The van der Waals surface area contributed by atoms with Crippen LogP contribution in [0.3, 0.4) is 0 Å². The Morgan fingerprint density at radius 1 is 1.24 bits per heavy atom. The highest BCUT2D eigenvalue weighted by molar-refractivity contribution is 5.91. The highest BCUT2D eigenvalue weighted by Gasteiger charge is 2.35. The number of anilines is 2. The van der Waals surface area contributed by atoms with E-state index in [2.05, 4.69) is 57.4 Å². The van der Waals surface area contributed by atoms with Gasteiger partial charge in [-0.3, -0.25) is 4.79 Å². The van der Waals surface area contributed by atoms with Crippen molar-refractivity contribution in [2.75, 3.05) is 56.2 Å². The van der Waals surface area contributed by atoms with Crippen LogP contribution in [0.15, 0.2) is 30.9 Å². The Morgan fingerprint density at radius 2 is 2.07 bits per heavy atom. The molecular formula is C31H37FN8O2. The number of nitrogens with one attached hydrogen (secondary N) is 1. The molecule has 0 saturated carbocycles. The largest absolute Gasteiger partial charge is 0.475 e. The Labute approximate surface area is 245 Å². The SMILES string of the molecule is C=C(F)C(=O)N1CCN(c2c(C#N)c(OCC3CCCN3C)nc3c2CCN(c2c(C)ccc4[nH]cnc24)C3)CC1C. The molecule has 1 aromatic carbocycles. The number of ether oxygens (including phenoxy) is 1. The number of amides is 1. The van der Waals surface area contributed by atoms with Crippen LogP contribution >= 0.6 is 0 Å². The molecule has 0 bridgehead atoms. The predicted octanol–water partition coefficient (Wildman–Crippen LogP) is 3.69. The maximum atomic E-state index is 13.7. The molecule has 220 valence electrons. The quantitative estimate of drug-likeness (QED) is 0.446. The average molecular weight is 573 g/mol. The first kappa shape index (κ1) is 28.0. The standard InChI is InChI=1S/C31H37FN8O2/c1-19-7-8-25-27(35-18-34-25)28(19)38-11-9-23-26(16-38)36-30(42-17-22-6-5-10-37(22)4)24(14-33)29(23)39-12-13-40(20(2)15-39)31(41)21(3)32/h7-8,18,20,22H,3,5-6,9-13,15-17H2,1-2,4H3,(H,34,35). The zero-order chi connectivity index (χ0) is 29.5. The molecule has 2 atom stereocenters. The molecule has 42 heavy (non-hydrogen) atoms. The molecule has 2 saturated heterocycles. The predicted molar refractivity (Wildman–Crippen MR) is 159 cm³/mol. The van der Waals surface area contributed by atoms with E-state index in [0.29, 0.717) is 50.7 Å². The Hall–Kier alpha value is -4.17. The summed E-state index contributed by atoms with van der Waals surface area (Å²) >= 11 is 0. The molecule has 3 aliphatic rings. The summed E-state index contributed by atoms with van der Waals surface area (Å²) in [5.74, 6) is -1.28. The molecule has 0 spiro atoms. The number of carbonyl (C=O) groups excluding carboxylic acids is 1. The number of hydrogen-bond donors (Lipinski definition) is 1. The van der Waals surface area contributed by atoms with Crippen molar-refractivity contribution < 1.29 is 13.9 Å². The van der Waals surface area contributed by atoms with Crippen molar-refractivity contribution in [2.24, 2.45) is 0 Å². The van der Waals surface area contributed by atoms with E-state index in [-0.39, 0.29) is 12.1 Å². The van der Waals surface area contributed by atoms with E-state index in [4.69, 9.17) is 9.72 Å². The Bertz CT molecular complexity index is 1580. The third-order valence-electron chi connectivity index (χ3n) is 9.01. The average Bonchev–Trinajstić information content (AvgIpc) is 3.62. The molecule has 1 N–H and O–H groups in total. The van der Waals surface area contributed by atoms with Gasteiger partial charge in [-0.25, -0.2) is 14.4 Å². The van der Waals surface area contributed by atoms with Gasteiger partial charge in [0.25, 0.3) is 5.91 Å². The maximum Gasteiger partial charge on any atom is 0.282 e. The van der Waals surface area contributed by atoms with Gasteiger partial charge in [-0.2, -0.15) is 5.26 Å². The number of pyridine rings is 1. The molecule has 2 unspecified atom stereocenters. The number of halogens is 1. The molecule has 2 fully saturated rings. The number of aromatic nitrogens is 3. The first-order valence-corrected chi connectivity index (χ1v) is 14.6. The van der Waals surface area contributed by atoms with Crippen molar-refractivity contribution in [1.29, 1.82) is 5.26 Å². The molecule has 5 heterocycles. The highest BCUT2D eigenvalue weighted by Crippen LogP contribution is 2.40. The first-order valence-electron chi connectivity index (χ1n) is 14.6. The van der Waals surface area contributed by atoms with Crippen molar-refractivity contribution >= 4 is 28.3 Å². The molecule has 10 nitrogen and oxygen atoms in total. The Morgan fingerprint density at radius 3 is 2.79 bits per heavy atom. The van der Waals surface area contributed by atoms with Gasteiger partial charge in [0.1, 0.15) is 23.8 Å². The second-order valence-corrected chi connectivity index (χ2v) is 11.7. The summed E-state index contributed by atoms with van der Waals surface area (Å²) in [6, 6.07) is 6.58. The Kier molecular flexibility index (Phi) is 7.49. The van der Waals surface area contributed by atoms with E-state index in [9.17, 15) is 14.4 Å². The molecular weight excluding hydrogens is 535 g/mol. The fourth-order valence-electron chi connectivity index (χ4n) is 6.76. The van der Waals surface area contributed by atoms with E-state index in [1.807, 2.05) is 13.0 Å². The van der Waals surface area contributed by atoms with E-state index < -0.39 is 11.7 Å². The normalized spacial score (nSPS) is 21.0. The van der Waals surface area contributed by atoms with Gasteiger partial charge in [0.2, 0.25) is 5.88 Å². The summed E-state index contributed by atoms with van der Waals surface area (Å²) in [4.78, 5) is 33.5. The topological polar surface area (TPSA) is 105 Å². The van der Waals surface area contributed by atoms with E-state index in [1.165, 1.54) is 4.90 Å². The van der Waals surface area contributed by atoms with E-state index >= 15 is 0 Å². The van der Waals surface area contributed by atoms with Crippen LogP contribution in [0.5, 0.6) is 5.88 Å². The van der Waals surface area contributed by atoms with Crippen LogP contribution in [0.2, 0.25) is 0 Å². The summed E-state index contributed by atoms with van der Waals surface area (Å²) in [6.45, 7) is 11.2. The minimum absolute atomic E-state index is 0.259. The number of likely N-dealkylation sites (N-methyl/N-ethyl adjacent to an activating group) is 1. The fourth-order valence-corrected chi connectivity index (χ4v) is 6.76. The third kappa shape index (κ3) is 4.94. The van der Waals surface area contributed by atoms with Crippen LogP contribution in [0, 0.1) is 18.3 Å². The lowest BCUT2D eigenvalue weighted by Gasteiger charge is -2.42. The van der Waals surface area contributed by atoms with Gasteiger partial charge in [0, 0.05) is 43.8 Å². The van der Waals surface area contributed by atoms with Crippen molar-refractivity contribution in [3.8, 4) is 11.9 Å². The molecule has 6 rings (SSSR count). The van der Waals surface area contributed by atoms with Gasteiger partial charge in [-0.15, -0.1) is 0 Å². The van der Waals surface area contributed by atoms with Gasteiger partial charge >= 0.3 is 0 Å². The monoisotopic (exact) mass is 572 g/mol. The first-order chi connectivity index (χ1) is 20.3.